The predicted molar refractivity (Wildman–Crippen MR) is 128 cm³/mol. The Hall–Kier alpha value is -3.51. The smallest absolute Gasteiger partial charge is 0.307 e. The van der Waals surface area contributed by atoms with Gasteiger partial charge in [0.2, 0.25) is 0 Å². The fourth-order valence-corrected chi connectivity index (χ4v) is 4.24. The van der Waals surface area contributed by atoms with Crippen molar-refractivity contribution in [1.82, 2.24) is 15.0 Å². The largest absolute Gasteiger partial charge is 0.461 e. The van der Waals surface area contributed by atoms with E-state index in [0.717, 1.165) is 51.0 Å². The fourth-order valence-electron chi connectivity index (χ4n) is 4.24. The standard InChI is InChI=1S/C27H29N3O3/c1-4-30-25-13-12-23(19(3)27(25)28-29-30)24(21-11-10-18(2)22(14-21)16-31)15-26(32)33-17-20-8-6-5-7-9-20/h5-14,24,31H,4,15-17H2,1-3H3/t24-/m0/s1. The number of esters is 1. The Morgan fingerprint density at radius 2 is 1.88 bits per heavy atom. The number of aromatic nitrogens is 3. The Balaban J connectivity index is 1.69. The molecule has 0 saturated heterocycles. The third kappa shape index (κ3) is 4.81. The highest BCUT2D eigenvalue weighted by Gasteiger charge is 2.24. The number of aryl methyl sites for hydroxylation is 3. The second kappa shape index (κ2) is 9.96. The summed E-state index contributed by atoms with van der Waals surface area (Å²) in [4.78, 5) is 12.9. The summed E-state index contributed by atoms with van der Waals surface area (Å²) in [6.45, 7) is 6.96. The summed E-state index contributed by atoms with van der Waals surface area (Å²) in [6.07, 6.45) is 0.190. The number of nitrogens with zero attached hydrogens (tertiary/aromatic N) is 3. The molecular formula is C27H29N3O3. The van der Waals surface area contributed by atoms with Gasteiger partial charge in [-0.2, -0.15) is 0 Å². The molecule has 0 saturated carbocycles. The summed E-state index contributed by atoms with van der Waals surface area (Å²) in [7, 11) is 0. The first-order valence-corrected chi connectivity index (χ1v) is 11.2. The summed E-state index contributed by atoms with van der Waals surface area (Å²) in [6, 6.07) is 19.7. The van der Waals surface area contributed by atoms with Crippen LogP contribution < -0.4 is 0 Å². The van der Waals surface area contributed by atoms with E-state index in [2.05, 4.69) is 16.4 Å². The van der Waals surface area contributed by atoms with Crippen LogP contribution in [0.2, 0.25) is 0 Å². The van der Waals surface area contributed by atoms with Gasteiger partial charge in [0, 0.05) is 12.5 Å². The minimum absolute atomic E-state index is 0.0479. The summed E-state index contributed by atoms with van der Waals surface area (Å²) >= 11 is 0. The number of rotatable bonds is 8. The first-order chi connectivity index (χ1) is 16.0. The number of hydrogen-bond donors (Lipinski definition) is 1. The highest BCUT2D eigenvalue weighted by atomic mass is 16.5. The number of carbonyl (C=O) groups excluding carboxylic acids is 1. The van der Waals surface area contributed by atoms with Gasteiger partial charge in [-0.15, -0.1) is 5.10 Å². The maximum atomic E-state index is 12.9. The average molecular weight is 444 g/mol. The number of ether oxygens (including phenoxy) is 1. The Bertz CT molecular complexity index is 1260. The van der Waals surface area contributed by atoms with E-state index < -0.39 is 0 Å². The van der Waals surface area contributed by atoms with Crippen LogP contribution in [-0.4, -0.2) is 26.1 Å². The van der Waals surface area contributed by atoms with E-state index in [9.17, 15) is 9.90 Å². The molecule has 170 valence electrons. The lowest BCUT2D eigenvalue weighted by atomic mass is 9.84. The molecule has 0 radical (unpaired) electrons. The molecule has 0 aliphatic carbocycles. The van der Waals surface area contributed by atoms with Gasteiger partial charge in [-0.05, 0) is 60.2 Å². The normalized spacial score (nSPS) is 12.1. The van der Waals surface area contributed by atoms with Crippen molar-refractivity contribution in [2.75, 3.05) is 0 Å². The second-order valence-electron chi connectivity index (χ2n) is 8.30. The molecule has 1 aromatic heterocycles. The van der Waals surface area contributed by atoms with Crippen LogP contribution in [-0.2, 0) is 29.3 Å². The molecule has 3 aromatic carbocycles. The zero-order valence-corrected chi connectivity index (χ0v) is 19.3. The number of aliphatic hydroxyl groups excluding tert-OH is 1. The molecule has 1 N–H and O–H groups in total. The maximum absolute atomic E-state index is 12.9. The Labute approximate surface area is 193 Å². The molecule has 0 amide bonds. The minimum Gasteiger partial charge on any atom is -0.461 e. The Morgan fingerprint density at radius 1 is 1.09 bits per heavy atom. The Morgan fingerprint density at radius 3 is 2.61 bits per heavy atom. The summed E-state index contributed by atoms with van der Waals surface area (Å²) in [5.74, 6) is -0.498. The summed E-state index contributed by atoms with van der Waals surface area (Å²) < 4.78 is 7.48. The fraction of sp³-hybridized carbons (Fsp3) is 0.296. The van der Waals surface area contributed by atoms with Gasteiger partial charge in [0.15, 0.2) is 0 Å². The molecule has 0 unspecified atom stereocenters. The van der Waals surface area contributed by atoms with Crippen LogP contribution in [0.5, 0.6) is 0 Å². The molecule has 0 bridgehead atoms. The monoisotopic (exact) mass is 443 g/mol. The lowest BCUT2D eigenvalue weighted by molar-refractivity contribution is -0.145. The van der Waals surface area contributed by atoms with Crippen LogP contribution >= 0.6 is 0 Å². The van der Waals surface area contributed by atoms with Crippen molar-refractivity contribution in [2.45, 2.75) is 52.9 Å². The van der Waals surface area contributed by atoms with E-state index in [1.54, 1.807) is 0 Å². The molecular weight excluding hydrogens is 414 g/mol. The molecule has 0 aliphatic heterocycles. The van der Waals surface area contributed by atoms with Gasteiger partial charge in [0.1, 0.15) is 12.1 Å². The van der Waals surface area contributed by atoms with Crippen molar-refractivity contribution >= 4 is 17.0 Å². The van der Waals surface area contributed by atoms with E-state index in [1.165, 1.54) is 0 Å². The van der Waals surface area contributed by atoms with Crippen LogP contribution in [0.25, 0.3) is 11.0 Å². The van der Waals surface area contributed by atoms with E-state index in [0.29, 0.717) is 0 Å². The summed E-state index contributed by atoms with van der Waals surface area (Å²) in [5.41, 5.74) is 7.61. The predicted octanol–water partition coefficient (Wildman–Crippen LogP) is 4.83. The van der Waals surface area contributed by atoms with Gasteiger partial charge in [0.25, 0.3) is 0 Å². The first-order valence-electron chi connectivity index (χ1n) is 11.2. The maximum Gasteiger partial charge on any atom is 0.307 e. The molecule has 0 aliphatic rings. The van der Waals surface area contributed by atoms with Crippen molar-refractivity contribution < 1.29 is 14.6 Å². The quantitative estimate of drug-likeness (QED) is 0.395. The van der Waals surface area contributed by atoms with Gasteiger partial charge in [-0.25, -0.2) is 4.68 Å². The molecule has 0 spiro atoms. The third-order valence-corrected chi connectivity index (χ3v) is 6.22. The number of hydrogen-bond acceptors (Lipinski definition) is 5. The number of benzene rings is 3. The minimum atomic E-state index is -0.272. The van der Waals surface area contributed by atoms with Crippen LogP contribution in [0, 0.1) is 13.8 Å². The topological polar surface area (TPSA) is 77.2 Å². The van der Waals surface area contributed by atoms with Gasteiger partial charge >= 0.3 is 5.97 Å². The van der Waals surface area contributed by atoms with Crippen LogP contribution in [0.3, 0.4) is 0 Å². The molecule has 6 nitrogen and oxygen atoms in total. The van der Waals surface area contributed by atoms with Crippen molar-refractivity contribution in [3.63, 3.8) is 0 Å². The summed E-state index contributed by atoms with van der Waals surface area (Å²) in [5, 5.41) is 18.4. The van der Waals surface area contributed by atoms with E-state index in [1.807, 2.05) is 80.1 Å². The van der Waals surface area contributed by atoms with E-state index in [4.69, 9.17) is 4.74 Å². The van der Waals surface area contributed by atoms with Gasteiger partial charge in [0.05, 0.1) is 18.5 Å². The number of fused-ring (bicyclic) bond motifs is 1. The van der Waals surface area contributed by atoms with Crippen LogP contribution in [0.15, 0.2) is 60.7 Å². The lowest BCUT2D eigenvalue weighted by Crippen LogP contribution is -2.13. The van der Waals surface area contributed by atoms with Crippen molar-refractivity contribution in [1.29, 1.82) is 0 Å². The van der Waals surface area contributed by atoms with E-state index >= 15 is 0 Å². The second-order valence-corrected chi connectivity index (χ2v) is 8.30. The van der Waals surface area contributed by atoms with Crippen molar-refractivity contribution in [3.8, 4) is 0 Å². The van der Waals surface area contributed by atoms with Gasteiger partial charge in [-0.3, -0.25) is 4.79 Å². The first kappa shape index (κ1) is 22.7. The molecule has 33 heavy (non-hydrogen) atoms. The molecule has 6 heteroatoms. The lowest BCUT2D eigenvalue weighted by Gasteiger charge is -2.21. The zero-order valence-electron chi connectivity index (χ0n) is 19.3. The zero-order chi connectivity index (χ0) is 23.4. The molecule has 1 atom stereocenters. The van der Waals surface area contributed by atoms with Gasteiger partial charge < -0.3 is 9.84 Å². The number of carbonyl (C=O) groups is 1. The third-order valence-electron chi connectivity index (χ3n) is 6.22. The average Bonchev–Trinajstić information content (AvgIpc) is 3.27. The highest BCUT2D eigenvalue weighted by Crippen LogP contribution is 2.34. The SMILES string of the molecule is CCn1nnc2c(C)c([C@@H](CC(=O)OCc3ccccc3)c3ccc(C)c(CO)c3)ccc21. The molecule has 1 heterocycles. The molecule has 4 rings (SSSR count). The van der Waals surface area contributed by atoms with Gasteiger partial charge in [-0.1, -0.05) is 59.8 Å². The highest BCUT2D eigenvalue weighted by molar-refractivity contribution is 5.80. The molecule has 0 fully saturated rings. The van der Waals surface area contributed by atoms with Crippen LogP contribution in [0.1, 0.15) is 52.6 Å². The Kier molecular flexibility index (Phi) is 6.84. The molecule has 4 aromatic rings. The van der Waals surface area contributed by atoms with Crippen molar-refractivity contribution in [3.05, 3.63) is 94.0 Å². The van der Waals surface area contributed by atoms with Crippen molar-refractivity contribution in [2.24, 2.45) is 0 Å². The number of aliphatic hydroxyl groups is 1. The van der Waals surface area contributed by atoms with E-state index in [-0.39, 0.29) is 31.5 Å². The van der Waals surface area contributed by atoms with Crippen LogP contribution in [0.4, 0.5) is 0 Å².